The number of amides is 1. The fourth-order valence-corrected chi connectivity index (χ4v) is 4.83. The van der Waals surface area contributed by atoms with Crippen LogP contribution in [0.4, 0.5) is 5.69 Å². The quantitative estimate of drug-likeness (QED) is 0.878. The molecule has 0 bridgehead atoms. The van der Waals surface area contributed by atoms with Gasteiger partial charge in [-0.15, -0.1) is 0 Å². The van der Waals surface area contributed by atoms with Gasteiger partial charge in [-0.2, -0.15) is 5.26 Å². The lowest BCUT2D eigenvalue weighted by molar-refractivity contribution is -0.120. The van der Waals surface area contributed by atoms with Crippen molar-refractivity contribution in [2.75, 3.05) is 5.32 Å². The number of benzene rings is 1. The van der Waals surface area contributed by atoms with Crippen LogP contribution in [0, 0.1) is 22.2 Å². The average Bonchev–Trinajstić information content (AvgIpc) is 2.83. The zero-order chi connectivity index (χ0) is 18.7. The number of hydrogen-bond donors (Lipinski definition) is 1. The van der Waals surface area contributed by atoms with Gasteiger partial charge in [0.1, 0.15) is 11.2 Å². The molecule has 1 atom stereocenters. The van der Waals surface area contributed by atoms with E-state index in [1.54, 1.807) is 0 Å². The Morgan fingerprint density at radius 1 is 1.31 bits per heavy atom. The minimum Gasteiger partial charge on any atom is -0.331 e. The van der Waals surface area contributed by atoms with Gasteiger partial charge in [0.25, 0.3) is 0 Å². The van der Waals surface area contributed by atoms with Crippen LogP contribution < -0.4 is 5.32 Å². The van der Waals surface area contributed by atoms with E-state index in [-0.39, 0.29) is 16.7 Å². The third kappa shape index (κ3) is 2.28. The van der Waals surface area contributed by atoms with E-state index in [9.17, 15) is 10.1 Å². The molecule has 1 aromatic heterocycles. The van der Waals surface area contributed by atoms with E-state index in [1.165, 1.54) is 0 Å². The van der Waals surface area contributed by atoms with Gasteiger partial charge in [0.05, 0.1) is 17.1 Å². The Morgan fingerprint density at radius 3 is 2.62 bits per heavy atom. The molecule has 0 unspecified atom stereocenters. The van der Waals surface area contributed by atoms with Gasteiger partial charge in [-0.05, 0) is 37.5 Å². The van der Waals surface area contributed by atoms with Crippen LogP contribution in [0.25, 0.3) is 11.0 Å². The molecule has 2 saturated carbocycles. The predicted octanol–water partition coefficient (Wildman–Crippen LogP) is 4.28. The number of nitrogens with one attached hydrogen (secondary N) is 1. The Kier molecular flexibility index (Phi) is 3.50. The van der Waals surface area contributed by atoms with Crippen LogP contribution in [0.1, 0.15) is 58.7 Å². The zero-order valence-corrected chi connectivity index (χ0v) is 16.0. The number of rotatable bonds is 2. The molecule has 26 heavy (non-hydrogen) atoms. The van der Waals surface area contributed by atoms with Crippen molar-refractivity contribution in [3.63, 3.8) is 0 Å². The van der Waals surface area contributed by atoms with Gasteiger partial charge >= 0.3 is 0 Å². The molecule has 4 rings (SSSR count). The Bertz CT molecular complexity index is 937. The van der Waals surface area contributed by atoms with Crippen molar-refractivity contribution in [3.8, 4) is 6.07 Å². The maximum absolute atomic E-state index is 12.9. The number of hydrogen-bond acceptors (Lipinski definition) is 3. The van der Waals surface area contributed by atoms with E-state index < -0.39 is 5.41 Å². The summed E-state index contributed by atoms with van der Waals surface area (Å²) in [5, 5.41) is 12.7. The molecule has 1 heterocycles. The van der Waals surface area contributed by atoms with E-state index in [2.05, 4.69) is 36.7 Å². The fourth-order valence-electron chi connectivity index (χ4n) is 4.83. The molecule has 1 amide bonds. The summed E-state index contributed by atoms with van der Waals surface area (Å²) in [6.07, 6.45) is 4.98. The minimum atomic E-state index is -0.834. The summed E-state index contributed by atoms with van der Waals surface area (Å²) in [5.74, 6) is 0.866. The summed E-state index contributed by atoms with van der Waals surface area (Å²) in [7, 11) is 2.02. The second-order valence-corrected chi connectivity index (χ2v) is 9.08. The Hall–Kier alpha value is -2.35. The number of anilines is 1. The maximum Gasteiger partial charge on any atom is 0.245 e. The van der Waals surface area contributed by atoms with E-state index >= 15 is 0 Å². The van der Waals surface area contributed by atoms with Crippen LogP contribution >= 0.6 is 0 Å². The molecule has 1 N–H and O–H groups in total. The summed E-state index contributed by atoms with van der Waals surface area (Å²) < 4.78 is 2.10. The molecule has 136 valence electrons. The number of carbonyl (C=O) groups excluding carboxylic acids is 1. The zero-order valence-electron chi connectivity index (χ0n) is 16.0. The van der Waals surface area contributed by atoms with Crippen molar-refractivity contribution in [2.24, 2.45) is 17.9 Å². The van der Waals surface area contributed by atoms with E-state index in [1.807, 2.05) is 25.2 Å². The van der Waals surface area contributed by atoms with Crippen LogP contribution in [0.3, 0.4) is 0 Å². The van der Waals surface area contributed by atoms with Crippen molar-refractivity contribution in [1.29, 1.82) is 5.26 Å². The topological polar surface area (TPSA) is 70.7 Å². The molecule has 1 aromatic carbocycles. The first-order valence-corrected chi connectivity index (χ1v) is 9.42. The first-order valence-electron chi connectivity index (χ1n) is 9.42. The van der Waals surface area contributed by atoms with Crippen LogP contribution in [-0.4, -0.2) is 15.5 Å². The van der Waals surface area contributed by atoms with Crippen LogP contribution in [0.2, 0.25) is 0 Å². The number of nitrogens with zero attached hydrogens (tertiary/aromatic N) is 3. The summed E-state index contributed by atoms with van der Waals surface area (Å²) in [6.45, 7) is 6.42. The summed E-state index contributed by atoms with van der Waals surface area (Å²) in [6, 6.07) is 8.15. The molecule has 0 aliphatic heterocycles. The SMILES string of the molecule is Cn1c(C(C)(C)C)nc2cc(NC(=O)[C@@]3(C#N)CC34CCCC4)ccc21. The number of aryl methyl sites for hydroxylation is 1. The smallest absolute Gasteiger partial charge is 0.245 e. The van der Waals surface area contributed by atoms with Crippen LogP contribution in [-0.2, 0) is 17.3 Å². The summed E-state index contributed by atoms with van der Waals surface area (Å²) in [4.78, 5) is 17.7. The van der Waals surface area contributed by atoms with Gasteiger partial charge in [-0.25, -0.2) is 4.98 Å². The van der Waals surface area contributed by atoms with Gasteiger partial charge in [0, 0.05) is 23.6 Å². The maximum atomic E-state index is 12.9. The number of fused-ring (bicyclic) bond motifs is 1. The molecule has 0 radical (unpaired) electrons. The van der Waals surface area contributed by atoms with Crippen LogP contribution in [0.5, 0.6) is 0 Å². The minimum absolute atomic E-state index is 0.0507. The van der Waals surface area contributed by atoms with Gasteiger partial charge < -0.3 is 9.88 Å². The predicted molar refractivity (Wildman–Crippen MR) is 102 cm³/mol. The Balaban J connectivity index is 1.62. The molecule has 5 heteroatoms. The molecule has 2 aromatic rings. The lowest BCUT2D eigenvalue weighted by atomic mass is 9.91. The van der Waals surface area contributed by atoms with E-state index in [0.717, 1.165) is 48.2 Å². The van der Waals surface area contributed by atoms with Gasteiger partial charge in [-0.3, -0.25) is 4.79 Å². The summed E-state index contributed by atoms with van der Waals surface area (Å²) in [5.41, 5.74) is 1.68. The van der Waals surface area contributed by atoms with Gasteiger partial charge in [0.2, 0.25) is 5.91 Å². The highest BCUT2D eigenvalue weighted by Gasteiger charge is 2.72. The lowest BCUT2D eigenvalue weighted by Crippen LogP contribution is -2.27. The van der Waals surface area contributed by atoms with Crippen LogP contribution in [0.15, 0.2) is 18.2 Å². The standard InChI is InChI=1S/C21H26N4O/c1-19(2,3)17-24-15-11-14(7-8-16(15)25(17)4)23-18(26)21(13-22)12-20(21)9-5-6-10-20/h7-8,11H,5-6,9-10,12H2,1-4H3,(H,23,26)/t21-/m0/s1. The molecule has 2 fully saturated rings. The monoisotopic (exact) mass is 350 g/mol. The second-order valence-electron chi connectivity index (χ2n) is 9.08. The molecule has 2 aliphatic rings. The van der Waals surface area contributed by atoms with Crippen molar-refractivity contribution >= 4 is 22.6 Å². The van der Waals surface area contributed by atoms with E-state index in [0.29, 0.717) is 6.42 Å². The highest BCUT2D eigenvalue weighted by atomic mass is 16.2. The van der Waals surface area contributed by atoms with E-state index in [4.69, 9.17) is 4.98 Å². The van der Waals surface area contributed by atoms with Gasteiger partial charge in [-0.1, -0.05) is 33.6 Å². The van der Waals surface area contributed by atoms with Crippen molar-refractivity contribution in [3.05, 3.63) is 24.0 Å². The Morgan fingerprint density at radius 2 is 2.00 bits per heavy atom. The third-order valence-corrected chi connectivity index (χ3v) is 6.33. The molecule has 5 nitrogen and oxygen atoms in total. The molecular formula is C21H26N4O. The summed E-state index contributed by atoms with van der Waals surface area (Å²) >= 11 is 0. The molecule has 2 aliphatic carbocycles. The molecule has 0 saturated heterocycles. The van der Waals surface area contributed by atoms with Gasteiger partial charge in [0.15, 0.2) is 0 Å². The number of nitriles is 1. The van der Waals surface area contributed by atoms with Crippen molar-refractivity contribution in [2.45, 2.75) is 58.3 Å². The first kappa shape index (κ1) is 17.1. The highest BCUT2D eigenvalue weighted by molar-refractivity contribution is 6.01. The first-order chi connectivity index (χ1) is 12.2. The van der Waals surface area contributed by atoms with Crippen molar-refractivity contribution < 1.29 is 4.79 Å². The highest BCUT2D eigenvalue weighted by Crippen LogP contribution is 2.71. The molecule has 1 spiro atoms. The fraction of sp³-hybridized carbons (Fsp3) is 0.571. The molecular weight excluding hydrogens is 324 g/mol. The normalized spacial score (nSPS) is 24.0. The second kappa shape index (κ2) is 5.33. The number of carbonyl (C=O) groups is 1. The number of imidazole rings is 1. The third-order valence-electron chi connectivity index (χ3n) is 6.33. The largest absolute Gasteiger partial charge is 0.331 e. The lowest BCUT2D eigenvalue weighted by Gasteiger charge is -2.17. The number of aromatic nitrogens is 2. The average molecular weight is 350 g/mol. The Labute approximate surface area is 154 Å². The van der Waals surface area contributed by atoms with Crippen molar-refractivity contribution in [1.82, 2.24) is 9.55 Å².